The molecule has 12 heavy (non-hydrogen) atoms. The molecule has 68 valence electrons. The van der Waals surface area contributed by atoms with Gasteiger partial charge in [0, 0.05) is 25.7 Å². The first-order chi connectivity index (χ1) is 5.86. The van der Waals surface area contributed by atoms with E-state index >= 15 is 0 Å². The van der Waals surface area contributed by atoms with Crippen LogP contribution in [0.15, 0.2) is 10.6 Å². The van der Waals surface area contributed by atoms with Crippen LogP contribution >= 0.6 is 15.9 Å². The Kier molecular flexibility index (Phi) is 2.84. The van der Waals surface area contributed by atoms with Gasteiger partial charge >= 0.3 is 0 Å². The molecular weight excluding hydrogens is 218 g/mol. The van der Waals surface area contributed by atoms with Crippen molar-refractivity contribution in [1.82, 2.24) is 4.90 Å². The molecule has 0 amide bonds. The molecule has 0 aromatic rings. The molecule has 2 aliphatic heterocycles. The molecule has 0 radical (unpaired) electrons. The average molecular weight is 232 g/mol. The molecule has 0 spiro atoms. The maximum Gasteiger partial charge on any atom is 0.0622 e. The largest absolute Gasteiger partial charge is 0.380 e. The first-order valence-corrected chi connectivity index (χ1v) is 5.32. The maximum absolute atomic E-state index is 5.36. The molecule has 0 aliphatic carbocycles. The minimum Gasteiger partial charge on any atom is -0.380 e. The van der Waals surface area contributed by atoms with Crippen LogP contribution in [-0.4, -0.2) is 37.2 Å². The summed E-state index contributed by atoms with van der Waals surface area (Å²) in [5.41, 5.74) is 0. The van der Waals surface area contributed by atoms with Gasteiger partial charge in [0.2, 0.25) is 0 Å². The lowest BCUT2D eigenvalue weighted by molar-refractivity contribution is 0.150. The standard InChI is InChI=1S/C9H14BrNO/c10-8-1-4-11(5-2-8)9-3-6-12-7-9/h1,9H,2-7H2/t9-/m1/s1. The molecule has 2 heterocycles. The van der Waals surface area contributed by atoms with Crippen LogP contribution in [0.3, 0.4) is 0 Å². The highest BCUT2D eigenvalue weighted by Gasteiger charge is 2.23. The zero-order valence-corrected chi connectivity index (χ0v) is 8.72. The third kappa shape index (κ3) is 1.90. The van der Waals surface area contributed by atoms with E-state index in [9.17, 15) is 0 Å². The lowest BCUT2D eigenvalue weighted by Crippen LogP contribution is -2.38. The van der Waals surface area contributed by atoms with E-state index in [0.29, 0.717) is 6.04 Å². The fourth-order valence-corrected chi connectivity index (χ4v) is 2.12. The number of halogens is 1. The van der Waals surface area contributed by atoms with Crippen molar-refractivity contribution in [3.05, 3.63) is 10.6 Å². The molecule has 0 bridgehead atoms. The van der Waals surface area contributed by atoms with Crippen LogP contribution in [0.4, 0.5) is 0 Å². The summed E-state index contributed by atoms with van der Waals surface area (Å²) < 4.78 is 6.72. The van der Waals surface area contributed by atoms with Gasteiger partial charge in [-0.05, 0) is 17.3 Å². The summed E-state index contributed by atoms with van der Waals surface area (Å²) in [4.78, 5) is 2.51. The Morgan fingerprint density at radius 2 is 2.50 bits per heavy atom. The van der Waals surface area contributed by atoms with Crippen molar-refractivity contribution in [2.45, 2.75) is 18.9 Å². The molecule has 0 aromatic heterocycles. The summed E-state index contributed by atoms with van der Waals surface area (Å²) >= 11 is 3.53. The SMILES string of the molecule is BrC1=CCN([C@@H]2CCOC2)CC1. The predicted molar refractivity (Wildman–Crippen MR) is 52.4 cm³/mol. The van der Waals surface area contributed by atoms with Crippen molar-refractivity contribution in [3.63, 3.8) is 0 Å². The van der Waals surface area contributed by atoms with E-state index in [4.69, 9.17) is 4.74 Å². The van der Waals surface area contributed by atoms with E-state index in [1.54, 1.807) is 0 Å². The van der Waals surface area contributed by atoms with Crippen LogP contribution < -0.4 is 0 Å². The van der Waals surface area contributed by atoms with E-state index in [0.717, 1.165) is 26.2 Å². The molecule has 0 aromatic carbocycles. The summed E-state index contributed by atoms with van der Waals surface area (Å²) in [6, 6.07) is 0.682. The second kappa shape index (κ2) is 3.90. The highest BCUT2D eigenvalue weighted by molar-refractivity contribution is 9.11. The minimum absolute atomic E-state index is 0.682. The zero-order chi connectivity index (χ0) is 8.39. The lowest BCUT2D eigenvalue weighted by atomic mass is 10.1. The molecule has 2 aliphatic rings. The molecule has 0 saturated carbocycles. The van der Waals surface area contributed by atoms with Crippen molar-refractivity contribution >= 4 is 15.9 Å². The number of ether oxygens (including phenoxy) is 1. The fraction of sp³-hybridized carbons (Fsp3) is 0.778. The fourth-order valence-electron chi connectivity index (χ4n) is 1.80. The van der Waals surface area contributed by atoms with Gasteiger partial charge in [-0.2, -0.15) is 0 Å². The van der Waals surface area contributed by atoms with E-state index in [1.165, 1.54) is 17.4 Å². The Morgan fingerprint density at radius 3 is 3.08 bits per heavy atom. The monoisotopic (exact) mass is 231 g/mol. The summed E-state index contributed by atoms with van der Waals surface area (Å²) in [5.74, 6) is 0. The van der Waals surface area contributed by atoms with Crippen molar-refractivity contribution < 1.29 is 4.74 Å². The van der Waals surface area contributed by atoms with Crippen molar-refractivity contribution in [2.24, 2.45) is 0 Å². The summed E-state index contributed by atoms with van der Waals surface area (Å²) in [7, 11) is 0. The van der Waals surface area contributed by atoms with Crippen LogP contribution in [0.5, 0.6) is 0 Å². The Hall–Kier alpha value is 0.140. The third-order valence-corrected chi connectivity index (χ3v) is 3.33. The molecule has 3 heteroatoms. The highest BCUT2D eigenvalue weighted by atomic mass is 79.9. The van der Waals surface area contributed by atoms with E-state index in [-0.39, 0.29) is 0 Å². The minimum atomic E-state index is 0.682. The first-order valence-electron chi connectivity index (χ1n) is 4.52. The zero-order valence-electron chi connectivity index (χ0n) is 7.13. The smallest absolute Gasteiger partial charge is 0.0622 e. The van der Waals surface area contributed by atoms with Crippen molar-refractivity contribution in [3.8, 4) is 0 Å². The molecule has 1 atom stereocenters. The summed E-state index contributed by atoms with van der Waals surface area (Å²) in [5, 5.41) is 0. The molecule has 0 unspecified atom stereocenters. The van der Waals surface area contributed by atoms with Gasteiger partial charge in [-0.3, -0.25) is 4.90 Å². The lowest BCUT2D eigenvalue weighted by Gasteiger charge is -2.29. The quantitative estimate of drug-likeness (QED) is 0.683. The first kappa shape index (κ1) is 8.73. The number of nitrogens with zero attached hydrogens (tertiary/aromatic N) is 1. The average Bonchev–Trinajstić information content (AvgIpc) is 2.58. The molecule has 2 rings (SSSR count). The Balaban J connectivity index is 1.89. The number of hydrogen-bond donors (Lipinski definition) is 0. The van der Waals surface area contributed by atoms with Gasteiger partial charge in [-0.15, -0.1) is 0 Å². The van der Waals surface area contributed by atoms with Gasteiger partial charge in [-0.25, -0.2) is 0 Å². The van der Waals surface area contributed by atoms with Gasteiger partial charge < -0.3 is 4.74 Å². The normalized spacial score (nSPS) is 32.1. The van der Waals surface area contributed by atoms with Crippen molar-refractivity contribution in [2.75, 3.05) is 26.3 Å². The molecule has 2 nitrogen and oxygen atoms in total. The van der Waals surface area contributed by atoms with E-state index in [1.807, 2.05) is 0 Å². The summed E-state index contributed by atoms with van der Waals surface area (Å²) in [6.45, 7) is 4.16. The second-order valence-corrected chi connectivity index (χ2v) is 4.43. The van der Waals surface area contributed by atoms with Crippen molar-refractivity contribution in [1.29, 1.82) is 0 Å². The molecule has 1 saturated heterocycles. The van der Waals surface area contributed by atoms with Crippen LogP contribution in [0.2, 0.25) is 0 Å². The molecule has 0 N–H and O–H groups in total. The Labute approximate surface area is 81.7 Å². The third-order valence-electron chi connectivity index (χ3n) is 2.61. The number of hydrogen-bond acceptors (Lipinski definition) is 2. The second-order valence-electron chi connectivity index (χ2n) is 3.41. The predicted octanol–water partition coefficient (Wildman–Crippen LogP) is 1.76. The van der Waals surface area contributed by atoms with Crippen LogP contribution in [0.1, 0.15) is 12.8 Å². The molecule has 1 fully saturated rings. The van der Waals surface area contributed by atoms with Crippen LogP contribution in [0.25, 0.3) is 0 Å². The van der Waals surface area contributed by atoms with Gasteiger partial charge in [0.05, 0.1) is 6.61 Å². The van der Waals surface area contributed by atoms with Gasteiger partial charge in [0.25, 0.3) is 0 Å². The van der Waals surface area contributed by atoms with Crippen LogP contribution in [0, 0.1) is 0 Å². The van der Waals surface area contributed by atoms with Gasteiger partial charge in [0.1, 0.15) is 0 Å². The Bertz CT molecular complexity index is 187. The number of rotatable bonds is 1. The van der Waals surface area contributed by atoms with Crippen LogP contribution in [-0.2, 0) is 4.74 Å². The molecular formula is C9H14BrNO. The van der Waals surface area contributed by atoms with E-state index in [2.05, 4.69) is 26.9 Å². The maximum atomic E-state index is 5.36. The van der Waals surface area contributed by atoms with Gasteiger partial charge in [0.15, 0.2) is 0 Å². The highest BCUT2D eigenvalue weighted by Crippen LogP contribution is 2.20. The van der Waals surface area contributed by atoms with Gasteiger partial charge in [-0.1, -0.05) is 22.0 Å². The Morgan fingerprint density at radius 1 is 1.58 bits per heavy atom. The topological polar surface area (TPSA) is 12.5 Å². The summed E-state index contributed by atoms with van der Waals surface area (Å²) in [6.07, 6.45) is 4.64. The van der Waals surface area contributed by atoms with E-state index < -0.39 is 0 Å².